The lowest BCUT2D eigenvalue weighted by Crippen LogP contribution is -2.20. The Morgan fingerprint density at radius 1 is 1.39 bits per heavy atom. The molecule has 3 nitrogen and oxygen atoms in total. The first kappa shape index (κ1) is 15.0. The first-order chi connectivity index (χ1) is 8.36. The molecule has 0 aliphatic heterocycles. The van der Waals surface area contributed by atoms with Crippen LogP contribution < -0.4 is 5.32 Å². The number of halogens is 3. The van der Waals surface area contributed by atoms with E-state index in [0.29, 0.717) is 25.4 Å². The van der Waals surface area contributed by atoms with Gasteiger partial charge in [-0.3, -0.25) is 4.68 Å². The van der Waals surface area contributed by atoms with Crippen molar-refractivity contribution in [2.75, 3.05) is 6.54 Å². The maximum Gasteiger partial charge on any atom is 0.433 e. The Kier molecular flexibility index (Phi) is 5.19. The van der Waals surface area contributed by atoms with Crippen LogP contribution in [-0.4, -0.2) is 16.3 Å². The minimum atomic E-state index is -4.35. The van der Waals surface area contributed by atoms with Crippen molar-refractivity contribution >= 4 is 0 Å². The third-order valence-electron chi connectivity index (χ3n) is 2.67. The van der Waals surface area contributed by atoms with Gasteiger partial charge in [0.05, 0.1) is 6.20 Å². The third-order valence-corrected chi connectivity index (χ3v) is 2.67. The van der Waals surface area contributed by atoms with Crippen LogP contribution in [0.1, 0.15) is 38.4 Å². The Morgan fingerprint density at radius 3 is 2.56 bits per heavy atom. The zero-order chi connectivity index (χ0) is 13.8. The van der Waals surface area contributed by atoms with E-state index in [1.54, 1.807) is 0 Å². The highest BCUT2D eigenvalue weighted by Crippen LogP contribution is 2.32. The van der Waals surface area contributed by atoms with Crippen molar-refractivity contribution in [2.45, 2.75) is 46.5 Å². The largest absolute Gasteiger partial charge is 0.433 e. The molecule has 0 saturated carbocycles. The average molecular weight is 263 g/mol. The van der Waals surface area contributed by atoms with Crippen LogP contribution in [0.4, 0.5) is 13.2 Å². The van der Waals surface area contributed by atoms with Gasteiger partial charge in [0, 0.05) is 18.7 Å². The van der Waals surface area contributed by atoms with E-state index in [2.05, 4.69) is 10.4 Å². The number of alkyl halides is 3. The number of hydrogen-bond donors (Lipinski definition) is 1. The number of aryl methyl sites for hydroxylation is 1. The van der Waals surface area contributed by atoms with Crippen LogP contribution in [0, 0.1) is 5.92 Å². The van der Waals surface area contributed by atoms with Gasteiger partial charge in [0.1, 0.15) is 5.69 Å². The summed E-state index contributed by atoms with van der Waals surface area (Å²) in [5.74, 6) is 0.354. The predicted octanol–water partition coefficient (Wildman–Crippen LogP) is 3.06. The molecule has 0 aliphatic rings. The zero-order valence-corrected chi connectivity index (χ0v) is 11.0. The summed E-state index contributed by atoms with van der Waals surface area (Å²) in [5.41, 5.74) is -0.405. The molecule has 1 aromatic rings. The fourth-order valence-electron chi connectivity index (χ4n) is 1.69. The molecule has 0 radical (unpaired) electrons. The summed E-state index contributed by atoms with van der Waals surface area (Å²) in [6.45, 7) is 6.96. The number of hydrogen-bond acceptors (Lipinski definition) is 2. The third kappa shape index (κ3) is 4.01. The second-order valence-corrected chi connectivity index (χ2v) is 4.70. The quantitative estimate of drug-likeness (QED) is 0.855. The van der Waals surface area contributed by atoms with Crippen LogP contribution in [0.25, 0.3) is 0 Å². The second-order valence-electron chi connectivity index (χ2n) is 4.70. The summed E-state index contributed by atoms with van der Waals surface area (Å²) in [6, 6.07) is 0. The zero-order valence-electron chi connectivity index (χ0n) is 11.0. The fraction of sp³-hybridized carbons (Fsp3) is 0.750. The number of rotatable bonds is 6. The van der Waals surface area contributed by atoms with E-state index in [1.165, 1.54) is 6.20 Å². The van der Waals surface area contributed by atoms with E-state index < -0.39 is 11.9 Å². The number of nitrogens with one attached hydrogen (secondary N) is 1. The van der Waals surface area contributed by atoms with Crippen molar-refractivity contribution in [1.82, 2.24) is 15.1 Å². The van der Waals surface area contributed by atoms with E-state index in [-0.39, 0.29) is 12.1 Å². The molecular formula is C12H20F3N3. The van der Waals surface area contributed by atoms with Crippen LogP contribution in [0.15, 0.2) is 6.20 Å². The van der Waals surface area contributed by atoms with Gasteiger partial charge in [-0.15, -0.1) is 0 Å². The normalized spacial score (nSPS) is 12.4. The van der Waals surface area contributed by atoms with Crippen LogP contribution in [0.5, 0.6) is 0 Å². The minimum Gasteiger partial charge on any atom is -0.313 e. The van der Waals surface area contributed by atoms with Crippen molar-refractivity contribution in [1.29, 1.82) is 0 Å². The standard InChI is InChI=1S/C12H20F3N3/c1-4-16-7-10-8-17-18(6-5-9(2)3)11(10)12(13,14)15/h8-9,16H,4-7H2,1-3H3. The SMILES string of the molecule is CCNCc1cnn(CCC(C)C)c1C(F)(F)F. The average Bonchev–Trinajstić information content (AvgIpc) is 2.66. The summed E-state index contributed by atoms with van der Waals surface area (Å²) in [7, 11) is 0. The molecule has 0 amide bonds. The van der Waals surface area contributed by atoms with Gasteiger partial charge in [-0.2, -0.15) is 18.3 Å². The first-order valence-corrected chi connectivity index (χ1v) is 6.18. The van der Waals surface area contributed by atoms with Gasteiger partial charge in [-0.1, -0.05) is 20.8 Å². The Bertz CT molecular complexity index is 369. The van der Waals surface area contributed by atoms with E-state index >= 15 is 0 Å². The van der Waals surface area contributed by atoms with Gasteiger partial charge >= 0.3 is 6.18 Å². The Labute approximate surface area is 105 Å². The highest BCUT2D eigenvalue weighted by atomic mass is 19.4. The van der Waals surface area contributed by atoms with E-state index in [9.17, 15) is 13.2 Å². The molecule has 6 heteroatoms. The molecule has 18 heavy (non-hydrogen) atoms. The smallest absolute Gasteiger partial charge is 0.313 e. The molecule has 0 saturated heterocycles. The summed E-state index contributed by atoms with van der Waals surface area (Å²) >= 11 is 0. The molecule has 0 bridgehead atoms. The molecule has 0 spiro atoms. The summed E-state index contributed by atoms with van der Waals surface area (Å²) in [4.78, 5) is 0. The van der Waals surface area contributed by atoms with Gasteiger partial charge in [-0.25, -0.2) is 0 Å². The molecule has 0 fully saturated rings. The summed E-state index contributed by atoms with van der Waals surface area (Å²) in [5, 5.41) is 6.77. The highest BCUT2D eigenvalue weighted by molar-refractivity contribution is 5.20. The predicted molar refractivity (Wildman–Crippen MR) is 64.1 cm³/mol. The Morgan fingerprint density at radius 2 is 2.06 bits per heavy atom. The lowest BCUT2D eigenvalue weighted by Gasteiger charge is -2.13. The lowest BCUT2D eigenvalue weighted by atomic mass is 10.1. The first-order valence-electron chi connectivity index (χ1n) is 6.18. The molecular weight excluding hydrogens is 243 g/mol. The van der Waals surface area contributed by atoms with Gasteiger partial charge < -0.3 is 5.32 Å². The monoisotopic (exact) mass is 263 g/mol. The molecule has 0 aromatic carbocycles. The molecule has 1 aromatic heterocycles. The van der Waals surface area contributed by atoms with E-state index in [1.807, 2.05) is 20.8 Å². The molecule has 1 heterocycles. The molecule has 0 aliphatic carbocycles. The van der Waals surface area contributed by atoms with Crippen molar-refractivity contribution in [3.8, 4) is 0 Å². The topological polar surface area (TPSA) is 29.9 Å². The van der Waals surface area contributed by atoms with Gasteiger partial charge in [-0.05, 0) is 18.9 Å². The fourth-order valence-corrected chi connectivity index (χ4v) is 1.69. The highest BCUT2D eigenvalue weighted by Gasteiger charge is 2.37. The molecule has 0 unspecified atom stereocenters. The van der Waals surface area contributed by atoms with Crippen LogP contribution >= 0.6 is 0 Å². The molecule has 0 atom stereocenters. The number of aromatic nitrogens is 2. The van der Waals surface area contributed by atoms with Gasteiger partial charge in [0.2, 0.25) is 0 Å². The van der Waals surface area contributed by atoms with Gasteiger partial charge in [0.25, 0.3) is 0 Å². The Balaban J connectivity index is 2.93. The second kappa shape index (κ2) is 6.22. The van der Waals surface area contributed by atoms with Crippen molar-refractivity contribution < 1.29 is 13.2 Å². The van der Waals surface area contributed by atoms with Crippen molar-refractivity contribution in [3.05, 3.63) is 17.5 Å². The maximum atomic E-state index is 13.0. The van der Waals surface area contributed by atoms with Crippen LogP contribution in [0.3, 0.4) is 0 Å². The maximum absolute atomic E-state index is 13.0. The minimum absolute atomic E-state index is 0.201. The number of nitrogens with zero attached hydrogens (tertiary/aromatic N) is 2. The summed E-state index contributed by atoms with van der Waals surface area (Å²) < 4.78 is 40.1. The molecule has 104 valence electrons. The molecule has 1 N–H and O–H groups in total. The lowest BCUT2D eigenvalue weighted by molar-refractivity contribution is -0.145. The van der Waals surface area contributed by atoms with Crippen molar-refractivity contribution in [3.63, 3.8) is 0 Å². The Hall–Kier alpha value is -1.04. The van der Waals surface area contributed by atoms with Crippen LogP contribution in [0.2, 0.25) is 0 Å². The van der Waals surface area contributed by atoms with E-state index in [4.69, 9.17) is 0 Å². The molecule has 1 rings (SSSR count). The summed E-state index contributed by atoms with van der Waals surface area (Å²) in [6.07, 6.45) is -2.35. The van der Waals surface area contributed by atoms with Crippen LogP contribution in [-0.2, 0) is 19.3 Å². The van der Waals surface area contributed by atoms with Crippen molar-refractivity contribution in [2.24, 2.45) is 5.92 Å². The van der Waals surface area contributed by atoms with Gasteiger partial charge in [0.15, 0.2) is 0 Å². The van der Waals surface area contributed by atoms with E-state index in [0.717, 1.165) is 4.68 Å².